The Bertz CT molecular complexity index is 884. The fourth-order valence-electron chi connectivity index (χ4n) is 2.80. The molecule has 0 bridgehead atoms. The van der Waals surface area contributed by atoms with E-state index in [9.17, 15) is 23.7 Å². The van der Waals surface area contributed by atoms with Crippen LogP contribution in [0.1, 0.15) is 22.5 Å². The van der Waals surface area contributed by atoms with Gasteiger partial charge in [-0.25, -0.2) is 13.8 Å². The van der Waals surface area contributed by atoms with Crippen molar-refractivity contribution in [1.29, 1.82) is 0 Å². The highest BCUT2D eigenvalue weighted by molar-refractivity contribution is 6.33. The number of aromatic nitrogens is 3. The molecule has 27 heavy (non-hydrogen) atoms. The SMILES string of the molecule is Cn1cc(C(=O)NCC2CN(c3ncc([N+](=O)[O-])cc3Cl)C2)c(C(F)F)n1. The van der Waals surface area contributed by atoms with Gasteiger partial charge in [-0.15, -0.1) is 0 Å². The van der Waals surface area contributed by atoms with E-state index >= 15 is 0 Å². The van der Waals surface area contributed by atoms with Gasteiger partial charge in [-0.2, -0.15) is 5.10 Å². The number of hydrogen-bond donors (Lipinski definition) is 1. The zero-order valence-corrected chi connectivity index (χ0v) is 14.9. The van der Waals surface area contributed by atoms with E-state index < -0.39 is 22.9 Å². The predicted molar refractivity (Wildman–Crippen MR) is 92.1 cm³/mol. The highest BCUT2D eigenvalue weighted by atomic mass is 35.5. The molecular weight excluding hydrogens is 386 g/mol. The summed E-state index contributed by atoms with van der Waals surface area (Å²) in [5.41, 5.74) is -0.893. The molecule has 1 saturated heterocycles. The smallest absolute Gasteiger partial charge is 0.289 e. The summed E-state index contributed by atoms with van der Waals surface area (Å²) in [5, 5.41) is 17.1. The molecule has 1 N–H and O–H groups in total. The van der Waals surface area contributed by atoms with Gasteiger partial charge in [0.1, 0.15) is 17.7 Å². The van der Waals surface area contributed by atoms with E-state index in [1.54, 1.807) is 0 Å². The number of nitrogens with zero attached hydrogens (tertiary/aromatic N) is 5. The first-order valence-corrected chi connectivity index (χ1v) is 8.28. The van der Waals surface area contributed by atoms with E-state index in [2.05, 4.69) is 15.4 Å². The summed E-state index contributed by atoms with van der Waals surface area (Å²) in [6.07, 6.45) is -0.448. The molecule has 9 nitrogen and oxygen atoms in total. The van der Waals surface area contributed by atoms with E-state index in [1.165, 1.54) is 24.0 Å². The summed E-state index contributed by atoms with van der Waals surface area (Å²) in [6, 6.07) is 1.23. The lowest BCUT2D eigenvalue weighted by atomic mass is 10.00. The summed E-state index contributed by atoms with van der Waals surface area (Å²) < 4.78 is 27.0. The fraction of sp³-hybridized carbons (Fsp3) is 0.400. The van der Waals surface area contributed by atoms with Crippen LogP contribution in [0.3, 0.4) is 0 Å². The molecule has 2 aromatic rings. The molecule has 0 radical (unpaired) electrons. The van der Waals surface area contributed by atoms with Crippen LogP contribution in [0.5, 0.6) is 0 Å². The van der Waals surface area contributed by atoms with Crippen molar-refractivity contribution in [2.24, 2.45) is 13.0 Å². The lowest BCUT2D eigenvalue weighted by Crippen LogP contribution is -2.52. The van der Waals surface area contributed by atoms with Crippen molar-refractivity contribution in [3.63, 3.8) is 0 Å². The summed E-state index contributed by atoms with van der Waals surface area (Å²) in [5.74, 6) is -0.103. The maximum atomic E-state index is 12.9. The van der Waals surface area contributed by atoms with Crippen LogP contribution in [0.15, 0.2) is 18.5 Å². The molecule has 1 aliphatic rings. The quantitative estimate of drug-likeness (QED) is 0.588. The highest BCUT2D eigenvalue weighted by Crippen LogP contribution is 2.31. The topological polar surface area (TPSA) is 106 Å². The molecule has 144 valence electrons. The molecule has 0 atom stereocenters. The van der Waals surface area contributed by atoms with Gasteiger partial charge >= 0.3 is 0 Å². The second kappa shape index (κ2) is 7.43. The number of nitrogens with one attached hydrogen (secondary N) is 1. The van der Waals surface area contributed by atoms with Crippen LogP contribution in [0.4, 0.5) is 20.3 Å². The van der Waals surface area contributed by atoms with Crippen LogP contribution in [0, 0.1) is 16.0 Å². The molecule has 3 heterocycles. The molecule has 1 amide bonds. The average molecular weight is 401 g/mol. The van der Waals surface area contributed by atoms with E-state index in [4.69, 9.17) is 11.6 Å². The predicted octanol–water partition coefficient (Wildman–Crippen LogP) is 2.18. The van der Waals surface area contributed by atoms with Gasteiger partial charge in [0.25, 0.3) is 18.0 Å². The Morgan fingerprint density at radius 1 is 1.52 bits per heavy atom. The van der Waals surface area contributed by atoms with Crippen LogP contribution < -0.4 is 10.2 Å². The van der Waals surface area contributed by atoms with E-state index in [-0.39, 0.29) is 28.7 Å². The number of halogens is 3. The van der Waals surface area contributed by atoms with Crippen LogP contribution in [0.25, 0.3) is 0 Å². The maximum Gasteiger partial charge on any atom is 0.289 e. The molecule has 0 unspecified atom stereocenters. The van der Waals surface area contributed by atoms with Crippen LogP contribution in [-0.2, 0) is 7.05 Å². The Morgan fingerprint density at radius 3 is 2.81 bits per heavy atom. The molecule has 12 heteroatoms. The largest absolute Gasteiger partial charge is 0.355 e. The highest BCUT2D eigenvalue weighted by Gasteiger charge is 2.31. The van der Waals surface area contributed by atoms with Crippen molar-refractivity contribution in [2.75, 3.05) is 24.5 Å². The van der Waals surface area contributed by atoms with Gasteiger partial charge in [-0.05, 0) is 0 Å². The third-order valence-corrected chi connectivity index (χ3v) is 4.41. The number of hydrogen-bond acceptors (Lipinski definition) is 6. The fourth-order valence-corrected chi connectivity index (χ4v) is 3.08. The minimum atomic E-state index is -2.83. The molecule has 0 aliphatic carbocycles. The Morgan fingerprint density at radius 2 is 2.22 bits per heavy atom. The second-order valence-corrected chi connectivity index (χ2v) is 6.55. The number of carbonyl (C=O) groups is 1. The number of alkyl halides is 2. The Labute approximate surface area is 157 Å². The van der Waals surface area contributed by atoms with Gasteiger partial charge in [0.2, 0.25) is 0 Å². The van der Waals surface area contributed by atoms with E-state index in [1.807, 2.05) is 4.90 Å². The van der Waals surface area contributed by atoms with Gasteiger partial charge in [-0.1, -0.05) is 11.6 Å². The Kier molecular flexibility index (Phi) is 5.22. The molecule has 2 aromatic heterocycles. The lowest BCUT2D eigenvalue weighted by molar-refractivity contribution is -0.385. The zero-order chi connectivity index (χ0) is 19.7. The average Bonchev–Trinajstić information content (AvgIpc) is 2.96. The minimum absolute atomic E-state index is 0.0775. The second-order valence-electron chi connectivity index (χ2n) is 6.14. The monoisotopic (exact) mass is 400 g/mol. The summed E-state index contributed by atoms with van der Waals surface area (Å²) >= 11 is 6.03. The van der Waals surface area contributed by atoms with Crippen molar-refractivity contribution in [2.45, 2.75) is 6.43 Å². The third-order valence-electron chi connectivity index (χ3n) is 4.13. The number of nitro groups is 1. The van der Waals surface area contributed by atoms with Gasteiger partial charge in [0.15, 0.2) is 0 Å². The van der Waals surface area contributed by atoms with Crippen molar-refractivity contribution < 1.29 is 18.5 Å². The lowest BCUT2D eigenvalue weighted by Gasteiger charge is -2.40. The van der Waals surface area contributed by atoms with Gasteiger partial charge in [0.05, 0.1) is 15.5 Å². The molecule has 1 aliphatic heterocycles. The van der Waals surface area contributed by atoms with E-state index in [0.717, 1.165) is 6.20 Å². The molecule has 0 aromatic carbocycles. The third kappa shape index (κ3) is 3.97. The molecule has 0 saturated carbocycles. The number of pyridine rings is 1. The van der Waals surface area contributed by atoms with Crippen molar-refractivity contribution in [3.8, 4) is 0 Å². The first-order chi connectivity index (χ1) is 12.8. The normalized spacial score (nSPS) is 14.3. The number of rotatable bonds is 6. The summed E-state index contributed by atoms with van der Waals surface area (Å²) in [6.45, 7) is 1.34. The van der Waals surface area contributed by atoms with Gasteiger partial charge < -0.3 is 10.2 Å². The molecule has 0 spiro atoms. The molecule has 3 rings (SSSR count). The molecular formula is C15H15ClF2N6O3. The van der Waals surface area contributed by atoms with E-state index in [0.29, 0.717) is 18.9 Å². The number of amides is 1. The minimum Gasteiger partial charge on any atom is -0.355 e. The summed E-state index contributed by atoms with van der Waals surface area (Å²) in [7, 11) is 1.47. The summed E-state index contributed by atoms with van der Waals surface area (Å²) in [4.78, 5) is 28.1. The van der Waals surface area contributed by atoms with Crippen LogP contribution >= 0.6 is 11.6 Å². The number of anilines is 1. The standard InChI is InChI=1S/C15H15ClF2N6O3/c1-22-7-10(12(21-22)13(17)18)15(25)20-3-8-5-23(6-8)14-11(16)2-9(4-19-14)24(26)27/h2,4,7-8,13H,3,5-6H2,1H3,(H,20,25). The Hall–Kier alpha value is -2.82. The Balaban J connectivity index is 1.54. The number of aryl methyl sites for hydroxylation is 1. The number of carbonyl (C=O) groups excluding carboxylic acids is 1. The van der Waals surface area contributed by atoms with Gasteiger partial charge in [-0.3, -0.25) is 19.6 Å². The first-order valence-electron chi connectivity index (χ1n) is 7.91. The maximum absolute atomic E-state index is 12.9. The zero-order valence-electron chi connectivity index (χ0n) is 14.1. The first kappa shape index (κ1) is 19.0. The van der Waals surface area contributed by atoms with Crippen LogP contribution in [-0.4, -0.2) is 45.2 Å². The molecule has 1 fully saturated rings. The van der Waals surface area contributed by atoms with Crippen molar-refractivity contribution in [3.05, 3.63) is 44.9 Å². The van der Waals surface area contributed by atoms with Gasteiger partial charge in [0, 0.05) is 44.9 Å². The van der Waals surface area contributed by atoms with Crippen LogP contribution in [0.2, 0.25) is 5.02 Å². The van der Waals surface area contributed by atoms with Crippen molar-refractivity contribution >= 4 is 29.0 Å². The van der Waals surface area contributed by atoms with Crippen molar-refractivity contribution in [1.82, 2.24) is 20.1 Å².